The molecule has 1 aliphatic rings. The number of nitrogens with one attached hydrogen (secondary N) is 1. The second-order valence-corrected chi connectivity index (χ2v) is 4.90. The summed E-state index contributed by atoms with van der Waals surface area (Å²) < 4.78 is 16.1. The van der Waals surface area contributed by atoms with E-state index in [4.69, 9.17) is 14.2 Å². The van der Waals surface area contributed by atoms with Gasteiger partial charge >= 0.3 is 0 Å². The van der Waals surface area contributed by atoms with Crippen molar-refractivity contribution in [2.75, 3.05) is 27.9 Å². The van der Waals surface area contributed by atoms with Crippen LogP contribution in [0.3, 0.4) is 0 Å². The van der Waals surface area contributed by atoms with Gasteiger partial charge in [0.2, 0.25) is 0 Å². The molecule has 20 heavy (non-hydrogen) atoms. The predicted molar refractivity (Wildman–Crippen MR) is 79.4 cm³/mol. The molecule has 2 rings (SSSR count). The Balaban J connectivity index is 2.13. The van der Waals surface area contributed by atoms with Crippen LogP contribution in [-0.4, -0.2) is 33.9 Å². The molecule has 1 heterocycles. The molecule has 1 aromatic carbocycles. The third-order valence-corrected chi connectivity index (χ3v) is 3.65. The summed E-state index contributed by atoms with van der Waals surface area (Å²) in [5, 5.41) is 3.37. The lowest BCUT2D eigenvalue weighted by Crippen LogP contribution is -2.31. The summed E-state index contributed by atoms with van der Waals surface area (Å²) in [6, 6.07) is 6.36. The van der Waals surface area contributed by atoms with Crippen molar-refractivity contribution in [3.05, 3.63) is 35.6 Å². The first-order valence-corrected chi connectivity index (χ1v) is 6.97. The molecule has 1 atom stereocenters. The summed E-state index contributed by atoms with van der Waals surface area (Å²) in [6.07, 6.45) is 5.01. The van der Waals surface area contributed by atoms with Gasteiger partial charge in [0, 0.05) is 6.04 Å². The molecule has 0 radical (unpaired) electrons. The summed E-state index contributed by atoms with van der Waals surface area (Å²) in [5.74, 6) is 1.53. The Kier molecular flexibility index (Phi) is 5.30. The van der Waals surface area contributed by atoms with Gasteiger partial charge in [-0.1, -0.05) is 6.07 Å². The van der Waals surface area contributed by atoms with E-state index >= 15 is 0 Å². The lowest BCUT2D eigenvalue weighted by atomic mass is 9.95. The minimum atomic E-state index is 0.299. The molecule has 1 aromatic rings. The first-order chi connectivity index (χ1) is 9.78. The summed E-state index contributed by atoms with van der Waals surface area (Å²) in [6.45, 7) is 0.830. The van der Waals surface area contributed by atoms with E-state index in [-0.39, 0.29) is 0 Å². The van der Waals surface area contributed by atoms with Gasteiger partial charge in [0.15, 0.2) is 11.5 Å². The van der Waals surface area contributed by atoms with E-state index in [1.165, 1.54) is 11.1 Å². The monoisotopic (exact) mass is 277 g/mol. The normalized spacial score (nSPS) is 16.1. The van der Waals surface area contributed by atoms with Crippen LogP contribution in [0.5, 0.6) is 11.5 Å². The van der Waals surface area contributed by atoms with Crippen LogP contribution in [0, 0.1) is 0 Å². The Hall–Kier alpha value is -1.68. The average molecular weight is 277 g/mol. The van der Waals surface area contributed by atoms with E-state index in [1.54, 1.807) is 14.2 Å². The third kappa shape index (κ3) is 3.45. The van der Waals surface area contributed by atoms with Crippen LogP contribution in [0.25, 0.3) is 0 Å². The topological polar surface area (TPSA) is 39.7 Å². The van der Waals surface area contributed by atoms with Gasteiger partial charge in [-0.15, -0.1) is 0 Å². The van der Waals surface area contributed by atoms with Crippen LogP contribution < -0.4 is 14.8 Å². The minimum absolute atomic E-state index is 0.299. The van der Waals surface area contributed by atoms with E-state index in [2.05, 4.69) is 11.4 Å². The second kappa shape index (κ2) is 7.20. The van der Waals surface area contributed by atoms with E-state index in [1.807, 2.05) is 25.4 Å². The molecule has 4 heteroatoms. The molecule has 0 aliphatic carbocycles. The van der Waals surface area contributed by atoms with Gasteiger partial charge in [0.25, 0.3) is 0 Å². The van der Waals surface area contributed by atoms with Crippen molar-refractivity contribution in [1.82, 2.24) is 5.32 Å². The van der Waals surface area contributed by atoms with Crippen molar-refractivity contribution in [2.24, 2.45) is 0 Å². The van der Waals surface area contributed by atoms with Gasteiger partial charge in [-0.05, 0) is 49.6 Å². The minimum Gasteiger partial charge on any atom is -0.501 e. The highest BCUT2D eigenvalue weighted by Crippen LogP contribution is 2.29. The Morgan fingerprint density at radius 3 is 2.65 bits per heavy atom. The fraction of sp³-hybridized carbons (Fsp3) is 0.500. The van der Waals surface area contributed by atoms with Gasteiger partial charge in [-0.2, -0.15) is 0 Å². The van der Waals surface area contributed by atoms with E-state index in [0.717, 1.165) is 37.4 Å². The number of likely N-dealkylation sites (N-methyl/N-ethyl adjacent to an activating group) is 1. The fourth-order valence-corrected chi connectivity index (χ4v) is 2.50. The van der Waals surface area contributed by atoms with Crippen LogP contribution in [0.2, 0.25) is 0 Å². The van der Waals surface area contributed by atoms with Crippen molar-refractivity contribution >= 4 is 0 Å². The highest BCUT2D eigenvalue weighted by Gasteiger charge is 2.17. The molecule has 0 spiro atoms. The van der Waals surface area contributed by atoms with E-state index < -0.39 is 0 Å². The molecule has 0 fully saturated rings. The van der Waals surface area contributed by atoms with Gasteiger partial charge in [-0.25, -0.2) is 0 Å². The van der Waals surface area contributed by atoms with Crippen LogP contribution >= 0.6 is 0 Å². The van der Waals surface area contributed by atoms with Gasteiger partial charge < -0.3 is 19.5 Å². The first-order valence-electron chi connectivity index (χ1n) is 6.97. The van der Waals surface area contributed by atoms with Crippen LogP contribution in [0.1, 0.15) is 18.4 Å². The summed E-state index contributed by atoms with van der Waals surface area (Å²) in [7, 11) is 5.30. The Morgan fingerprint density at radius 2 is 2.05 bits per heavy atom. The van der Waals surface area contributed by atoms with Gasteiger partial charge in [-0.3, -0.25) is 0 Å². The molecule has 110 valence electrons. The molecule has 0 aromatic heterocycles. The molecule has 1 N–H and O–H groups in total. The average Bonchev–Trinajstić information content (AvgIpc) is 2.53. The van der Waals surface area contributed by atoms with E-state index in [9.17, 15) is 0 Å². The van der Waals surface area contributed by atoms with E-state index in [0.29, 0.717) is 6.04 Å². The molecule has 1 unspecified atom stereocenters. The quantitative estimate of drug-likeness (QED) is 0.867. The zero-order valence-corrected chi connectivity index (χ0v) is 12.4. The summed E-state index contributed by atoms with van der Waals surface area (Å²) >= 11 is 0. The SMILES string of the molecule is CNC(Cc1ccc(OC)c(OC)c1)C1=COCCC1. The zero-order chi connectivity index (χ0) is 14.4. The van der Waals surface area contributed by atoms with Gasteiger partial charge in [0.1, 0.15) is 0 Å². The molecule has 0 saturated carbocycles. The van der Waals surface area contributed by atoms with Crippen molar-refractivity contribution in [1.29, 1.82) is 0 Å². The summed E-state index contributed by atoms with van der Waals surface area (Å²) in [5.41, 5.74) is 2.54. The molecule has 1 aliphatic heterocycles. The first kappa shape index (κ1) is 14.7. The number of methoxy groups -OCH3 is 2. The second-order valence-electron chi connectivity index (χ2n) is 4.90. The number of hydrogen-bond acceptors (Lipinski definition) is 4. The number of ether oxygens (including phenoxy) is 3. The third-order valence-electron chi connectivity index (χ3n) is 3.65. The van der Waals surface area contributed by atoms with Crippen LogP contribution in [0.15, 0.2) is 30.0 Å². The van der Waals surface area contributed by atoms with Crippen molar-refractivity contribution in [3.63, 3.8) is 0 Å². The number of rotatable bonds is 6. The maximum absolute atomic E-state index is 5.44. The molecular weight excluding hydrogens is 254 g/mol. The maximum Gasteiger partial charge on any atom is 0.160 e. The van der Waals surface area contributed by atoms with Crippen molar-refractivity contribution < 1.29 is 14.2 Å². The maximum atomic E-state index is 5.44. The molecule has 0 bridgehead atoms. The predicted octanol–water partition coefficient (Wildman–Crippen LogP) is 2.53. The standard InChI is InChI=1S/C16H23NO3/c1-17-14(13-5-4-8-20-11-13)9-12-6-7-15(18-2)16(10-12)19-3/h6-7,10-11,14,17H,4-5,8-9H2,1-3H3. The van der Waals surface area contributed by atoms with Gasteiger partial charge in [0.05, 0.1) is 27.1 Å². The number of hydrogen-bond donors (Lipinski definition) is 1. The van der Waals surface area contributed by atoms with Crippen molar-refractivity contribution in [3.8, 4) is 11.5 Å². The summed E-state index contributed by atoms with van der Waals surface area (Å²) in [4.78, 5) is 0. The zero-order valence-electron chi connectivity index (χ0n) is 12.4. The Bertz CT molecular complexity index is 471. The smallest absolute Gasteiger partial charge is 0.160 e. The largest absolute Gasteiger partial charge is 0.501 e. The molecule has 4 nitrogen and oxygen atoms in total. The Morgan fingerprint density at radius 1 is 1.25 bits per heavy atom. The number of benzene rings is 1. The lowest BCUT2D eigenvalue weighted by molar-refractivity contribution is 0.219. The lowest BCUT2D eigenvalue weighted by Gasteiger charge is -2.23. The van der Waals surface area contributed by atoms with Crippen LogP contribution in [0.4, 0.5) is 0 Å². The fourth-order valence-electron chi connectivity index (χ4n) is 2.50. The Labute approximate surface area is 120 Å². The van der Waals surface area contributed by atoms with Crippen LogP contribution in [-0.2, 0) is 11.2 Å². The molecular formula is C16H23NO3. The van der Waals surface area contributed by atoms with Crippen molar-refractivity contribution in [2.45, 2.75) is 25.3 Å². The highest BCUT2D eigenvalue weighted by atomic mass is 16.5. The highest BCUT2D eigenvalue weighted by molar-refractivity contribution is 5.43. The molecule has 0 saturated heterocycles. The molecule has 0 amide bonds.